The molecule has 0 radical (unpaired) electrons. The zero-order chi connectivity index (χ0) is 10.8. The van der Waals surface area contributed by atoms with E-state index in [1.165, 1.54) is 6.39 Å². The fourth-order valence-corrected chi connectivity index (χ4v) is 1.85. The molecule has 0 aliphatic carbocycles. The predicted octanol–water partition coefficient (Wildman–Crippen LogP) is 2.87. The third-order valence-corrected chi connectivity index (χ3v) is 3.21. The lowest BCUT2D eigenvalue weighted by atomic mass is 10.1. The smallest absolute Gasteiger partial charge is 0.181 e. The van der Waals surface area contributed by atoms with Crippen LogP contribution in [0.5, 0.6) is 0 Å². The van der Waals surface area contributed by atoms with E-state index in [9.17, 15) is 0 Å². The van der Waals surface area contributed by atoms with Crippen LogP contribution in [0.3, 0.4) is 0 Å². The molecule has 0 unspecified atom stereocenters. The summed E-state index contributed by atoms with van der Waals surface area (Å²) in [5.74, 6) is 0.760. The van der Waals surface area contributed by atoms with Crippen LogP contribution in [-0.4, -0.2) is 4.98 Å². The molecular weight excluding hydrogens is 256 g/mol. The molecule has 0 amide bonds. The van der Waals surface area contributed by atoms with E-state index in [1.807, 2.05) is 25.1 Å². The number of hydrogen-bond acceptors (Lipinski definition) is 3. The van der Waals surface area contributed by atoms with Crippen LogP contribution in [-0.2, 0) is 6.54 Å². The van der Waals surface area contributed by atoms with E-state index >= 15 is 0 Å². The van der Waals surface area contributed by atoms with Crippen molar-refractivity contribution in [3.05, 3.63) is 40.3 Å². The summed E-state index contributed by atoms with van der Waals surface area (Å²) < 4.78 is 6.42. The zero-order valence-corrected chi connectivity index (χ0v) is 9.91. The number of nitrogens with two attached hydrogens (primary N) is 1. The fraction of sp³-hybridized carbons (Fsp3) is 0.182. The number of nitrogens with zero attached hydrogens (tertiary/aromatic N) is 1. The van der Waals surface area contributed by atoms with E-state index in [0.29, 0.717) is 6.54 Å². The molecule has 78 valence electrons. The van der Waals surface area contributed by atoms with E-state index in [0.717, 1.165) is 27.1 Å². The van der Waals surface area contributed by atoms with Crippen molar-refractivity contribution >= 4 is 15.9 Å². The summed E-state index contributed by atoms with van der Waals surface area (Å²) >= 11 is 3.48. The van der Waals surface area contributed by atoms with Crippen molar-refractivity contribution in [3.63, 3.8) is 0 Å². The van der Waals surface area contributed by atoms with Crippen molar-refractivity contribution in [2.45, 2.75) is 13.5 Å². The highest BCUT2D eigenvalue weighted by Crippen LogP contribution is 2.30. The topological polar surface area (TPSA) is 52.0 Å². The first-order valence-electron chi connectivity index (χ1n) is 4.62. The lowest BCUT2D eigenvalue weighted by Gasteiger charge is -2.05. The highest BCUT2D eigenvalue weighted by Gasteiger charge is 2.12. The molecule has 0 spiro atoms. The first-order chi connectivity index (χ1) is 7.24. The summed E-state index contributed by atoms with van der Waals surface area (Å²) in [6.45, 7) is 2.42. The van der Waals surface area contributed by atoms with E-state index in [-0.39, 0.29) is 0 Å². The Morgan fingerprint density at radius 1 is 1.47 bits per heavy atom. The molecule has 3 nitrogen and oxygen atoms in total. The summed E-state index contributed by atoms with van der Waals surface area (Å²) in [5, 5.41) is 0. The number of oxazole rings is 1. The molecule has 2 aromatic rings. The molecule has 0 aliphatic heterocycles. The second-order valence-corrected chi connectivity index (χ2v) is 4.10. The molecule has 0 atom stereocenters. The van der Waals surface area contributed by atoms with Gasteiger partial charge in [0.2, 0.25) is 0 Å². The molecule has 2 rings (SSSR count). The molecule has 4 heteroatoms. The number of halogens is 1. The van der Waals surface area contributed by atoms with Gasteiger partial charge in [-0.1, -0.05) is 28.1 Å². The Morgan fingerprint density at radius 3 is 3.00 bits per heavy atom. The van der Waals surface area contributed by atoms with Crippen LogP contribution < -0.4 is 5.73 Å². The second kappa shape index (κ2) is 4.16. The molecule has 0 aliphatic rings. The molecule has 1 aromatic heterocycles. The van der Waals surface area contributed by atoms with Crippen LogP contribution in [0.15, 0.2) is 33.5 Å². The van der Waals surface area contributed by atoms with Crippen LogP contribution in [0.1, 0.15) is 11.3 Å². The van der Waals surface area contributed by atoms with Gasteiger partial charge in [0.1, 0.15) is 5.69 Å². The van der Waals surface area contributed by atoms with Gasteiger partial charge in [-0.15, -0.1) is 0 Å². The van der Waals surface area contributed by atoms with Crippen LogP contribution in [0, 0.1) is 6.92 Å². The van der Waals surface area contributed by atoms with E-state index in [2.05, 4.69) is 20.9 Å². The van der Waals surface area contributed by atoms with Crippen LogP contribution in [0.2, 0.25) is 0 Å². The molecule has 0 fully saturated rings. The van der Waals surface area contributed by atoms with Crippen molar-refractivity contribution in [1.82, 2.24) is 4.98 Å². The summed E-state index contributed by atoms with van der Waals surface area (Å²) in [6.07, 6.45) is 1.43. The summed E-state index contributed by atoms with van der Waals surface area (Å²) in [7, 11) is 0. The largest absolute Gasteiger partial charge is 0.443 e. The molecule has 0 bridgehead atoms. The van der Waals surface area contributed by atoms with Gasteiger partial charge in [0.15, 0.2) is 12.2 Å². The van der Waals surface area contributed by atoms with Gasteiger partial charge in [0, 0.05) is 16.6 Å². The highest BCUT2D eigenvalue weighted by molar-refractivity contribution is 9.10. The van der Waals surface area contributed by atoms with Gasteiger partial charge >= 0.3 is 0 Å². The Bertz CT molecular complexity index is 479. The average Bonchev–Trinajstić information content (AvgIpc) is 2.70. The minimum absolute atomic E-state index is 0.387. The molecule has 2 N–H and O–H groups in total. The molecule has 0 saturated carbocycles. The Labute approximate surface area is 96.4 Å². The molecule has 1 aromatic carbocycles. The Balaban J connectivity index is 2.59. The normalized spacial score (nSPS) is 10.6. The number of benzene rings is 1. The van der Waals surface area contributed by atoms with Crippen molar-refractivity contribution in [2.75, 3.05) is 0 Å². The monoisotopic (exact) mass is 266 g/mol. The summed E-state index contributed by atoms with van der Waals surface area (Å²) in [5.41, 5.74) is 8.53. The lowest BCUT2D eigenvalue weighted by molar-refractivity contribution is 0.570. The van der Waals surface area contributed by atoms with Crippen molar-refractivity contribution < 1.29 is 4.42 Å². The standard InChI is InChI=1S/C11H11BrN2O/c1-7-8(3-2-4-9(7)12)11-10(5-13)14-6-15-11/h2-4,6H,5,13H2,1H3. The molecular formula is C11H11BrN2O. The van der Waals surface area contributed by atoms with Crippen LogP contribution in [0.25, 0.3) is 11.3 Å². The predicted molar refractivity (Wildman–Crippen MR) is 62.3 cm³/mol. The number of hydrogen-bond donors (Lipinski definition) is 1. The number of rotatable bonds is 2. The van der Waals surface area contributed by atoms with Gasteiger partial charge in [-0.3, -0.25) is 0 Å². The minimum atomic E-state index is 0.387. The van der Waals surface area contributed by atoms with Gasteiger partial charge in [-0.2, -0.15) is 0 Å². The second-order valence-electron chi connectivity index (χ2n) is 3.24. The fourth-order valence-electron chi connectivity index (χ4n) is 1.49. The first-order valence-corrected chi connectivity index (χ1v) is 5.41. The van der Waals surface area contributed by atoms with E-state index in [1.54, 1.807) is 0 Å². The Kier molecular flexibility index (Phi) is 2.88. The molecule has 0 saturated heterocycles. The third-order valence-electron chi connectivity index (χ3n) is 2.35. The van der Waals surface area contributed by atoms with Gasteiger partial charge in [-0.05, 0) is 18.6 Å². The molecule has 15 heavy (non-hydrogen) atoms. The average molecular weight is 267 g/mol. The lowest BCUT2D eigenvalue weighted by Crippen LogP contribution is -1.98. The van der Waals surface area contributed by atoms with Gasteiger partial charge < -0.3 is 10.2 Å². The third kappa shape index (κ3) is 1.82. The van der Waals surface area contributed by atoms with E-state index < -0.39 is 0 Å². The maximum absolute atomic E-state index is 5.59. The van der Waals surface area contributed by atoms with Crippen LogP contribution in [0.4, 0.5) is 0 Å². The highest BCUT2D eigenvalue weighted by atomic mass is 79.9. The summed E-state index contributed by atoms with van der Waals surface area (Å²) in [6, 6.07) is 5.96. The molecule has 1 heterocycles. The first kappa shape index (κ1) is 10.4. The maximum Gasteiger partial charge on any atom is 0.181 e. The minimum Gasteiger partial charge on any atom is -0.443 e. The van der Waals surface area contributed by atoms with Crippen molar-refractivity contribution in [3.8, 4) is 11.3 Å². The zero-order valence-electron chi connectivity index (χ0n) is 8.33. The van der Waals surface area contributed by atoms with Crippen molar-refractivity contribution in [2.24, 2.45) is 5.73 Å². The van der Waals surface area contributed by atoms with Gasteiger partial charge in [-0.25, -0.2) is 4.98 Å². The quantitative estimate of drug-likeness (QED) is 0.910. The maximum atomic E-state index is 5.59. The SMILES string of the molecule is Cc1c(Br)cccc1-c1ocnc1CN. The summed E-state index contributed by atoms with van der Waals surface area (Å²) in [4.78, 5) is 4.07. The Morgan fingerprint density at radius 2 is 2.27 bits per heavy atom. The van der Waals surface area contributed by atoms with Gasteiger partial charge in [0.25, 0.3) is 0 Å². The Hall–Kier alpha value is -1.13. The van der Waals surface area contributed by atoms with Crippen molar-refractivity contribution in [1.29, 1.82) is 0 Å². The van der Waals surface area contributed by atoms with Crippen LogP contribution >= 0.6 is 15.9 Å². The van der Waals surface area contributed by atoms with E-state index in [4.69, 9.17) is 10.2 Å². The van der Waals surface area contributed by atoms with Gasteiger partial charge in [0.05, 0.1) is 0 Å². The number of aromatic nitrogens is 1.